The topological polar surface area (TPSA) is 79.3 Å². The van der Waals surface area contributed by atoms with Crippen LogP contribution in [-0.4, -0.2) is 22.0 Å². The number of hydrogen-bond acceptors (Lipinski definition) is 4. The van der Waals surface area contributed by atoms with Crippen LogP contribution in [0.3, 0.4) is 0 Å². The molecule has 0 spiro atoms. The minimum absolute atomic E-state index is 0.0945. The third-order valence-corrected chi connectivity index (χ3v) is 3.57. The van der Waals surface area contributed by atoms with Gasteiger partial charge in [0.05, 0.1) is 17.3 Å². The van der Waals surface area contributed by atoms with Gasteiger partial charge in [0.25, 0.3) is 5.91 Å². The molecule has 0 saturated carbocycles. The highest BCUT2D eigenvalue weighted by Gasteiger charge is 2.12. The van der Waals surface area contributed by atoms with Crippen molar-refractivity contribution in [1.29, 1.82) is 0 Å². The molecule has 0 aliphatic heterocycles. The molecule has 0 fully saturated rings. The Kier molecular flexibility index (Phi) is 3.73. The Labute approximate surface area is 115 Å². The number of halogens is 1. The highest BCUT2D eigenvalue weighted by molar-refractivity contribution is 9.10. The highest BCUT2D eigenvalue weighted by Crippen LogP contribution is 2.21. The summed E-state index contributed by atoms with van der Waals surface area (Å²) >= 11 is 4.35. The van der Waals surface area contributed by atoms with Gasteiger partial charge in [0.2, 0.25) is 0 Å². The van der Waals surface area contributed by atoms with E-state index in [9.17, 15) is 9.59 Å². The smallest absolute Gasteiger partial charge is 0.336 e. The van der Waals surface area contributed by atoms with E-state index in [1.54, 1.807) is 17.6 Å². The predicted molar refractivity (Wildman–Crippen MR) is 71.2 cm³/mol. The van der Waals surface area contributed by atoms with Crippen LogP contribution in [0.4, 0.5) is 5.69 Å². The van der Waals surface area contributed by atoms with E-state index in [0.717, 1.165) is 0 Å². The molecule has 0 bridgehead atoms. The van der Waals surface area contributed by atoms with E-state index in [0.29, 0.717) is 15.0 Å². The van der Waals surface area contributed by atoms with Crippen LogP contribution in [0, 0.1) is 0 Å². The first-order valence-electron chi connectivity index (χ1n) is 4.80. The van der Waals surface area contributed by atoms with Gasteiger partial charge in [0.1, 0.15) is 4.88 Å². The van der Waals surface area contributed by atoms with Crippen molar-refractivity contribution in [3.8, 4) is 0 Å². The fourth-order valence-corrected chi connectivity index (χ4v) is 2.22. The van der Waals surface area contributed by atoms with E-state index in [1.165, 1.54) is 23.6 Å². The fraction of sp³-hybridized carbons (Fsp3) is 0. The van der Waals surface area contributed by atoms with Crippen LogP contribution >= 0.6 is 27.3 Å². The lowest BCUT2D eigenvalue weighted by Crippen LogP contribution is -2.11. The summed E-state index contributed by atoms with van der Waals surface area (Å²) in [4.78, 5) is 26.9. The minimum atomic E-state index is -1.06. The molecule has 18 heavy (non-hydrogen) atoms. The van der Waals surface area contributed by atoms with Gasteiger partial charge in [-0.2, -0.15) is 0 Å². The maximum absolute atomic E-state index is 11.7. The number of benzene rings is 1. The zero-order valence-electron chi connectivity index (χ0n) is 8.88. The van der Waals surface area contributed by atoms with E-state index in [4.69, 9.17) is 5.11 Å². The molecule has 0 atom stereocenters. The summed E-state index contributed by atoms with van der Waals surface area (Å²) in [7, 11) is 0. The Hall–Kier alpha value is -1.73. The number of aromatic carboxylic acids is 1. The average molecular weight is 327 g/mol. The summed E-state index contributed by atoms with van der Waals surface area (Å²) < 4.78 is 0.464. The molecule has 0 radical (unpaired) electrons. The summed E-state index contributed by atoms with van der Waals surface area (Å²) in [6.45, 7) is 0. The van der Waals surface area contributed by atoms with Gasteiger partial charge in [0, 0.05) is 10.2 Å². The minimum Gasteiger partial charge on any atom is -0.478 e. The Morgan fingerprint density at radius 1 is 1.39 bits per heavy atom. The summed E-state index contributed by atoms with van der Waals surface area (Å²) in [5.74, 6) is -1.37. The zero-order valence-corrected chi connectivity index (χ0v) is 11.3. The molecular weight excluding hydrogens is 320 g/mol. The molecule has 1 aromatic heterocycles. The molecule has 1 aromatic carbocycles. The van der Waals surface area contributed by atoms with Gasteiger partial charge in [0.15, 0.2) is 0 Å². The molecule has 0 saturated heterocycles. The first-order chi connectivity index (χ1) is 8.58. The summed E-state index contributed by atoms with van der Waals surface area (Å²) in [5, 5.41) is 11.6. The van der Waals surface area contributed by atoms with Crippen molar-refractivity contribution < 1.29 is 14.7 Å². The lowest BCUT2D eigenvalue weighted by molar-refractivity contribution is 0.0695. The molecule has 92 valence electrons. The molecule has 1 amide bonds. The second kappa shape index (κ2) is 5.28. The van der Waals surface area contributed by atoms with Gasteiger partial charge in [-0.3, -0.25) is 9.78 Å². The van der Waals surface area contributed by atoms with Crippen LogP contribution in [0.25, 0.3) is 0 Å². The number of aromatic nitrogens is 1. The molecule has 2 rings (SSSR count). The van der Waals surface area contributed by atoms with Gasteiger partial charge in [-0.05, 0) is 34.1 Å². The average Bonchev–Trinajstić information content (AvgIpc) is 2.85. The summed E-state index contributed by atoms with van der Waals surface area (Å²) in [6.07, 6.45) is 1.46. The van der Waals surface area contributed by atoms with Crippen molar-refractivity contribution in [3.63, 3.8) is 0 Å². The predicted octanol–water partition coefficient (Wildman–Crippen LogP) is 2.86. The van der Waals surface area contributed by atoms with E-state index in [2.05, 4.69) is 26.2 Å². The largest absolute Gasteiger partial charge is 0.478 e. The Balaban J connectivity index is 2.22. The maximum Gasteiger partial charge on any atom is 0.336 e. The molecule has 0 aliphatic rings. The van der Waals surface area contributed by atoms with E-state index >= 15 is 0 Å². The standard InChI is InChI=1S/C11H7BrN2O3S/c12-8-2-1-6(3-7(8)11(16)17)14-10(15)9-4-13-5-18-9/h1-5H,(H,14,15)(H,16,17). The van der Waals surface area contributed by atoms with Gasteiger partial charge in [-0.25, -0.2) is 4.79 Å². The van der Waals surface area contributed by atoms with Crippen LogP contribution in [0.2, 0.25) is 0 Å². The molecular formula is C11H7BrN2O3S. The fourth-order valence-electron chi connectivity index (χ4n) is 1.29. The Morgan fingerprint density at radius 2 is 2.17 bits per heavy atom. The van der Waals surface area contributed by atoms with Crippen LogP contribution in [0.1, 0.15) is 20.0 Å². The van der Waals surface area contributed by atoms with Gasteiger partial charge >= 0.3 is 5.97 Å². The number of carboxylic acid groups (broad SMARTS) is 1. The van der Waals surface area contributed by atoms with Crippen LogP contribution in [0.15, 0.2) is 34.4 Å². The third kappa shape index (κ3) is 2.74. The first-order valence-corrected chi connectivity index (χ1v) is 6.48. The van der Waals surface area contributed by atoms with Crippen molar-refractivity contribution in [1.82, 2.24) is 4.98 Å². The number of thiazole rings is 1. The van der Waals surface area contributed by atoms with E-state index in [1.807, 2.05) is 0 Å². The normalized spacial score (nSPS) is 10.1. The lowest BCUT2D eigenvalue weighted by Gasteiger charge is -2.05. The van der Waals surface area contributed by atoms with Crippen molar-refractivity contribution in [2.24, 2.45) is 0 Å². The van der Waals surface area contributed by atoms with Crippen molar-refractivity contribution in [3.05, 3.63) is 44.8 Å². The van der Waals surface area contributed by atoms with Crippen molar-refractivity contribution in [2.75, 3.05) is 5.32 Å². The molecule has 1 heterocycles. The van der Waals surface area contributed by atoms with Crippen molar-refractivity contribution in [2.45, 2.75) is 0 Å². The molecule has 2 aromatic rings. The van der Waals surface area contributed by atoms with E-state index in [-0.39, 0.29) is 11.5 Å². The number of nitrogens with zero attached hydrogens (tertiary/aromatic N) is 1. The number of hydrogen-bond donors (Lipinski definition) is 2. The second-order valence-electron chi connectivity index (χ2n) is 3.32. The van der Waals surface area contributed by atoms with Gasteiger partial charge < -0.3 is 10.4 Å². The molecule has 0 unspecified atom stereocenters. The van der Waals surface area contributed by atoms with Gasteiger partial charge in [-0.15, -0.1) is 11.3 Å². The molecule has 5 nitrogen and oxygen atoms in total. The third-order valence-electron chi connectivity index (χ3n) is 2.11. The number of rotatable bonds is 3. The van der Waals surface area contributed by atoms with Crippen LogP contribution < -0.4 is 5.32 Å². The maximum atomic E-state index is 11.7. The van der Waals surface area contributed by atoms with E-state index < -0.39 is 5.97 Å². The molecule has 0 aliphatic carbocycles. The number of nitrogens with one attached hydrogen (secondary N) is 1. The number of amides is 1. The van der Waals surface area contributed by atoms with Gasteiger partial charge in [-0.1, -0.05) is 0 Å². The van der Waals surface area contributed by atoms with Crippen molar-refractivity contribution >= 4 is 44.8 Å². The van der Waals surface area contributed by atoms with Crippen LogP contribution in [0.5, 0.6) is 0 Å². The number of anilines is 1. The monoisotopic (exact) mass is 326 g/mol. The summed E-state index contributed by atoms with van der Waals surface area (Å²) in [6, 6.07) is 4.59. The Bertz CT molecular complexity index is 598. The SMILES string of the molecule is O=C(Nc1ccc(Br)c(C(=O)O)c1)c1cncs1. The first kappa shape index (κ1) is 12.7. The highest BCUT2D eigenvalue weighted by atomic mass is 79.9. The second-order valence-corrected chi connectivity index (χ2v) is 5.06. The number of carbonyl (C=O) groups excluding carboxylic acids is 1. The van der Waals surface area contributed by atoms with Crippen LogP contribution in [-0.2, 0) is 0 Å². The number of carbonyl (C=O) groups is 2. The number of carboxylic acids is 1. The zero-order chi connectivity index (χ0) is 13.1. The molecule has 2 N–H and O–H groups in total. The summed E-state index contributed by atoms with van der Waals surface area (Å²) in [5.41, 5.74) is 2.07. The quantitative estimate of drug-likeness (QED) is 0.908. The lowest BCUT2D eigenvalue weighted by atomic mass is 10.2. The molecule has 7 heteroatoms. The Morgan fingerprint density at radius 3 is 2.78 bits per heavy atom.